The van der Waals surface area contributed by atoms with Crippen molar-refractivity contribution < 1.29 is 18.8 Å². The number of nitro benzene ring substituents is 1. The Morgan fingerprint density at radius 3 is 2.72 bits per heavy atom. The van der Waals surface area contributed by atoms with Gasteiger partial charge in [0.2, 0.25) is 0 Å². The number of fused-ring (bicyclic) bond motifs is 1. The number of rotatable bonds is 9. The standard InChI is InChI=1S/C25H21FN4O5S/c1-35-11-10-27-23(31)17-8-9-21-22(13-17)28-25(29(24(21)32)19-6-3-5-18(26)14-19)36-15-16-4-2-7-20(12-16)30(33)34/h2-9,12-14H,10-11,15H2,1H3,(H,27,31). The molecular weight excluding hydrogens is 487 g/mol. The van der Waals surface area contributed by atoms with Crippen LogP contribution in [-0.2, 0) is 10.5 Å². The normalized spacial score (nSPS) is 10.9. The molecule has 0 atom stereocenters. The van der Waals surface area contributed by atoms with Gasteiger partial charge in [0.25, 0.3) is 17.2 Å². The van der Waals surface area contributed by atoms with Crippen molar-refractivity contribution in [3.05, 3.63) is 104 Å². The van der Waals surface area contributed by atoms with Crippen LogP contribution in [0.1, 0.15) is 15.9 Å². The minimum atomic E-state index is -0.516. The highest BCUT2D eigenvalue weighted by molar-refractivity contribution is 7.98. The van der Waals surface area contributed by atoms with Crippen LogP contribution in [0.15, 0.2) is 76.7 Å². The van der Waals surface area contributed by atoms with Gasteiger partial charge in [-0.1, -0.05) is 30.0 Å². The Balaban J connectivity index is 1.77. The van der Waals surface area contributed by atoms with Gasteiger partial charge in [-0.3, -0.25) is 24.3 Å². The zero-order valence-corrected chi connectivity index (χ0v) is 20.0. The molecule has 0 fully saturated rings. The van der Waals surface area contributed by atoms with E-state index in [9.17, 15) is 24.1 Å². The van der Waals surface area contributed by atoms with Crippen LogP contribution in [0.25, 0.3) is 16.6 Å². The molecule has 1 aromatic heterocycles. The molecule has 3 aromatic carbocycles. The van der Waals surface area contributed by atoms with Crippen LogP contribution in [-0.4, -0.2) is 40.6 Å². The molecule has 9 nitrogen and oxygen atoms in total. The first kappa shape index (κ1) is 25.0. The van der Waals surface area contributed by atoms with E-state index in [1.807, 2.05) is 0 Å². The summed E-state index contributed by atoms with van der Waals surface area (Å²) in [5.74, 6) is -0.584. The number of halogens is 1. The summed E-state index contributed by atoms with van der Waals surface area (Å²) in [6.45, 7) is 0.681. The van der Waals surface area contributed by atoms with Crippen LogP contribution in [0.3, 0.4) is 0 Å². The van der Waals surface area contributed by atoms with Crippen molar-refractivity contribution in [2.75, 3.05) is 20.3 Å². The van der Waals surface area contributed by atoms with Gasteiger partial charge in [-0.2, -0.15) is 0 Å². The van der Waals surface area contributed by atoms with Gasteiger partial charge in [0.1, 0.15) is 5.82 Å². The molecule has 0 aliphatic rings. The second-order valence-electron chi connectivity index (χ2n) is 7.71. The number of carbonyl (C=O) groups excluding carboxylic acids is 1. The van der Waals surface area contributed by atoms with Crippen molar-refractivity contribution in [2.45, 2.75) is 10.9 Å². The van der Waals surface area contributed by atoms with E-state index in [-0.39, 0.29) is 33.6 Å². The summed E-state index contributed by atoms with van der Waals surface area (Å²) in [6, 6.07) is 16.3. The fourth-order valence-electron chi connectivity index (χ4n) is 3.52. The van der Waals surface area contributed by atoms with E-state index in [1.54, 1.807) is 18.2 Å². The predicted octanol–water partition coefficient (Wildman–Crippen LogP) is 4.10. The molecule has 1 N–H and O–H groups in total. The van der Waals surface area contributed by atoms with Crippen LogP contribution in [0.5, 0.6) is 0 Å². The summed E-state index contributed by atoms with van der Waals surface area (Å²) >= 11 is 1.17. The van der Waals surface area contributed by atoms with Crippen molar-refractivity contribution in [3.63, 3.8) is 0 Å². The highest BCUT2D eigenvalue weighted by Gasteiger charge is 2.17. The molecule has 4 rings (SSSR count). The lowest BCUT2D eigenvalue weighted by Crippen LogP contribution is -2.27. The lowest BCUT2D eigenvalue weighted by atomic mass is 10.1. The topological polar surface area (TPSA) is 116 Å². The van der Waals surface area contributed by atoms with Crippen LogP contribution >= 0.6 is 11.8 Å². The molecule has 184 valence electrons. The smallest absolute Gasteiger partial charge is 0.269 e. The zero-order valence-electron chi connectivity index (χ0n) is 19.1. The molecule has 0 aliphatic carbocycles. The monoisotopic (exact) mass is 508 g/mol. The molecule has 0 saturated carbocycles. The van der Waals surface area contributed by atoms with Gasteiger partial charge in [-0.05, 0) is 42.0 Å². The van der Waals surface area contributed by atoms with Crippen molar-refractivity contribution in [1.29, 1.82) is 0 Å². The first-order chi connectivity index (χ1) is 17.4. The number of nitrogens with one attached hydrogen (secondary N) is 1. The Morgan fingerprint density at radius 2 is 1.97 bits per heavy atom. The van der Waals surface area contributed by atoms with E-state index in [4.69, 9.17) is 4.74 Å². The number of thioether (sulfide) groups is 1. The summed E-state index contributed by atoms with van der Waals surface area (Å²) in [6.07, 6.45) is 0. The molecule has 0 radical (unpaired) electrons. The average Bonchev–Trinajstić information content (AvgIpc) is 2.87. The summed E-state index contributed by atoms with van der Waals surface area (Å²) in [5.41, 5.74) is 1.08. The van der Waals surface area contributed by atoms with Crippen molar-refractivity contribution in [3.8, 4) is 5.69 Å². The Hall–Kier alpha value is -4.09. The molecule has 36 heavy (non-hydrogen) atoms. The lowest BCUT2D eigenvalue weighted by molar-refractivity contribution is -0.384. The van der Waals surface area contributed by atoms with E-state index in [1.165, 1.54) is 72.0 Å². The third-order valence-electron chi connectivity index (χ3n) is 5.25. The first-order valence-corrected chi connectivity index (χ1v) is 11.8. The Labute approximate surface area is 209 Å². The number of methoxy groups -OCH3 is 1. The number of benzene rings is 3. The fraction of sp³-hybridized carbons (Fsp3) is 0.160. The van der Waals surface area contributed by atoms with Gasteiger partial charge < -0.3 is 10.1 Å². The lowest BCUT2D eigenvalue weighted by Gasteiger charge is -2.14. The SMILES string of the molecule is COCCNC(=O)c1ccc2c(=O)n(-c3cccc(F)c3)c(SCc3cccc([N+](=O)[O-])c3)nc2c1. The van der Waals surface area contributed by atoms with Gasteiger partial charge >= 0.3 is 0 Å². The second-order valence-corrected chi connectivity index (χ2v) is 8.65. The molecule has 0 spiro atoms. The maximum atomic E-state index is 14.0. The summed E-state index contributed by atoms with van der Waals surface area (Å²) in [5, 5.41) is 14.4. The highest BCUT2D eigenvalue weighted by Crippen LogP contribution is 2.26. The van der Waals surface area contributed by atoms with Gasteiger partial charge in [0.05, 0.1) is 28.1 Å². The van der Waals surface area contributed by atoms with Gasteiger partial charge in [0, 0.05) is 37.1 Å². The number of carbonyl (C=O) groups is 1. The first-order valence-electron chi connectivity index (χ1n) is 10.8. The fourth-order valence-corrected chi connectivity index (χ4v) is 4.48. The number of hydrogen-bond acceptors (Lipinski definition) is 7. The van der Waals surface area contributed by atoms with E-state index in [0.29, 0.717) is 29.8 Å². The number of nitro groups is 1. The van der Waals surface area contributed by atoms with E-state index in [2.05, 4.69) is 10.3 Å². The molecular formula is C25H21FN4O5S. The molecule has 11 heteroatoms. The molecule has 0 aliphatic heterocycles. The van der Waals surface area contributed by atoms with Crippen molar-refractivity contribution in [1.82, 2.24) is 14.9 Å². The van der Waals surface area contributed by atoms with Crippen molar-refractivity contribution >= 4 is 34.3 Å². The molecule has 0 unspecified atom stereocenters. The van der Waals surface area contributed by atoms with Gasteiger partial charge in [0.15, 0.2) is 5.16 Å². The number of nitrogens with zero attached hydrogens (tertiary/aromatic N) is 3. The third kappa shape index (κ3) is 5.58. The maximum absolute atomic E-state index is 14.0. The number of hydrogen-bond donors (Lipinski definition) is 1. The Bertz CT molecular complexity index is 1510. The van der Waals surface area contributed by atoms with E-state index in [0.717, 1.165) is 0 Å². The van der Waals surface area contributed by atoms with E-state index >= 15 is 0 Å². The Morgan fingerprint density at radius 1 is 1.17 bits per heavy atom. The minimum absolute atomic E-state index is 0.0498. The predicted molar refractivity (Wildman–Crippen MR) is 134 cm³/mol. The third-order valence-corrected chi connectivity index (χ3v) is 6.26. The van der Waals surface area contributed by atoms with Gasteiger partial charge in [-0.15, -0.1) is 0 Å². The molecule has 0 saturated heterocycles. The summed E-state index contributed by atoms with van der Waals surface area (Å²) in [4.78, 5) is 41.2. The van der Waals surface area contributed by atoms with Crippen LogP contribution in [0, 0.1) is 15.9 Å². The zero-order chi connectivity index (χ0) is 25.7. The van der Waals surface area contributed by atoms with Crippen LogP contribution in [0.4, 0.5) is 10.1 Å². The largest absolute Gasteiger partial charge is 0.383 e. The molecule has 1 amide bonds. The van der Waals surface area contributed by atoms with Crippen molar-refractivity contribution in [2.24, 2.45) is 0 Å². The van der Waals surface area contributed by atoms with Crippen LogP contribution in [0.2, 0.25) is 0 Å². The number of non-ortho nitro benzene ring substituents is 1. The molecule has 0 bridgehead atoms. The number of aromatic nitrogens is 2. The highest BCUT2D eigenvalue weighted by atomic mass is 32.2. The molecule has 1 heterocycles. The van der Waals surface area contributed by atoms with E-state index < -0.39 is 16.3 Å². The quantitative estimate of drug-likeness (QED) is 0.119. The summed E-state index contributed by atoms with van der Waals surface area (Å²) < 4.78 is 20.2. The minimum Gasteiger partial charge on any atom is -0.383 e. The summed E-state index contributed by atoms with van der Waals surface area (Å²) in [7, 11) is 1.53. The van der Waals surface area contributed by atoms with Crippen LogP contribution < -0.4 is 10.9 Å². The maximum Gasteiger partial charge on any atom is 0.269 e. The number of ether oxygens (including phenoxy) is 1. The van der Waals surface area contributed by atoms with Gasteiger partial charge in [-0.25, -0.2) is 9.37 Å². The second kappa shape index (κ2) is 11.1. The molecule has 4 aromatic rings. The Kier molecular flexibility index (Phi) is 7.71. The average molecular weight is 509 g/mol. The number of amides is 1.